The minimum absolute atomic E-state index is 0.153. The molecule has 2 aromatic rings. The minimum atomic E-state index is -0.384. The molecule has 4 N–H and O–H groups in total. The number of aromatic amines is 1. The molecule has 0 spiro atoms. The van der Waals surface area contributed by atoms with Crippen LogP contribution in [-0.4, -0.2) is 21.8 Å². The van der Waals surface area contributed by atoms with Gasteiger partial charge in [-0.3, -0.25) is 9.59 Å². The summed E-state index contributed by atoms with van der Waals surface area (Å²) in [5, 5.41) is 3.55. The van der Waals surface area contributed by atoms with Gasteiger partial charge in [-0.05, 0) is 19.1 Å². The summed E-state index contributed by atoms with van der Waals surface area (Å²) in [6, 6.07) is 1.83. The Morgan fingerprint density at radius 3 is 3.00 bits per heavy atom. The fourth-order valence-electron chi connectivity index (χ4n) is 2.08. The number of aromatic nitrogens is 2. The molecule has 0 saturated carbocycles. The van der Waals surface area contributed by atoms with E-state index in [-0.39, 0.29) is 18.2 Å². The molecule has 20 heavy (non-hydrogen) atoms. The lowest BCUT2D eigenvalue weighted by molar-refractivity contribution is -0.117. The maximum absolute atomic E-state index is 12.0. The molecule has 7 heteroatoms. The molecule has 102 valence electrons. The molecular formula is C13H12N4O2S. The molecule has 0 unspecified atom stereocenters. The highest BCUT2D eigenvalue weighted by Gasteiger charge is 2.27. The van der Waals surface area contributed by atoms with Crippen molar-refractivity contribution in [2.75, 3.05) is 5.32 Å². The first-order chi connectivity index (χ1) is 9.54. The van der Waals surface area contributed by atoms with Gasteiger partial charge in [-0.25, -0.2) is 4.98 Å². The van der Waals surface area contributed by atoms with Crippen LogP contribution in [0.3, 0.4) is 0 Å². The van der Waals surface area contributed by atoms with Gasteiger partial charge >= 0.3 is 0 Å². The van der Waals surface area contributed by atoms with E-state index >= 15 is 0 Å². The van der Waals surface area contributed by atoms with Crippen LogP contribution in [-0.2, 0) is 16.0 Å². The SMILES string of the molecule is Cc1[nH]cnc1/C=C1\C(=O)Nc2sc(CC(N)=O)cc21. The third-order valence-corrected chi connectivity index (χ3v) is 4.09. The molecule has 0 aliphatic carbocycles. The van der Waals surface area contributed by atoms with Crippen LogP contribution in [0.4, 0.5) is 5.00 Å². The summed E-state index contributed by atoms with van der Waals surface area (Å²) >= 11 is 1.37. The van der Waals surface area contributed by atoms with E-state index < -0.39 is 0 Å². The molecule has 0 saturated heterocycles. The number of carbonyl (C=O) groups is 2. The molecule has 3 heterocycles. The summed E-state index contributed by atoms with van der Waals surface area (Å²) in [5.41, 5.74) is 8.17. The van der Waals surface area contributed by atoms with Gasteiger partial charge in [0, 0.05) is 16.1 Å². The molecule has 0 atom stereocenters. The summed E-state index contributed by atoms with van der Waals surface area (Å²) in [6.07, 6.45) is 3.51. The van der Waals surface area contributed by atoms with E-state index in [9.17, 15) is 9.59 Å². The number of thiophene rings is 1. The number of rotatable bonds is 3. The summed E-state index contributed by atoms with van der Waals surface area (Å²) < 4.78 is 0. The zero-order chi connectivity index (χ0) is 14.3. The maximum Gasteiger partial charge on any atom is 0.257 e. The van der Waals surface area contributed by atoms with Gasteiger partial charge in [-0.1, -0.05) is 0 Å². The summed E-state index contributed by atoms with van der Waals surface area (Å²) in [4.78, 5) is 30.9. The fraction of sp³-hybridized carbons (Fsp3) is 0.154. The van der Waals surface area contributed by atoms with Crippen LogP contribution in [0.1, 0.15) is 21.8 Å². The van der Waals surface area contributed by atoms with Crippen molar-refractivity contribution in [2.24, 2.45) is 5.73 Å². The van der Waals surface area contributed by atoms with E-state index in [1.54, 1.807) is 12.4 Å². The number of primary amides is 1. The van der Waals surface area contributed by atoms with E-state index in [4.69, 9.17) is 5.73 Å². The Morgan fingerprint density at radius 1 is 1.55 bits per heavy atom. The molecule has 1 aliphatic rings. The number of nitrogens with two attached hydrogens (primary N) is 1. The second-order valence-corrected chi connectivity index (χ2v) is 5.66. The quantitative estimate of drug-likeness (QED) is 0.742. The lowest BCUT2D eigenvalue weighted by Gasteiger charge is -1.96. The average molecular weight is 288 g/mol. The molecule has 0 bridgehead atoms. The normalized spacial score (nSPS) is 15.4. The van der Waals surface area contributed by atoms with Crippen molar-refractivity contribution in [1.82, 2.24) is 9.97 Å². The topological polar surface area (TPSA) is 101 Å². The fourth-order valence-corrected chi connectivity index (χ4v) is 3.16. The molecule has 0 aromatic carbocycles. The summed E-state index contributed by atoms with van der Waals surface area (Å²) in [6.45, 7) is 1.89. The van der Waals surface area contributed by atoms with E-state index in [1.807, 2.05) is 13.0 Å². The van der Waals surface area contributed by atoms with Crippen molar-refractivity contribution < 1.29 is 9.59 Å². The van der Waals surface area contributed by atoms with Crippen molar-refractivity contribution in [3.63, 3.8) is 0 Å². The number of imidazole rings is 1. The molecule has 6 nitrogen and oxygen atoms in total. The van der Waals surface area contributed by atoms with Gasteiger partial charge in [-0.15, -0.1) is 11.3 Å². The van der Waals surface area contributed by atoms with E-state index in [2.05, 4.69) is 15.3 Å². The standard InChI is InChI=1S/C13H12N4O2S/c1-6-10(16-5-15-6)4-8-9-2-7(3-11(14)18)20-13(9)17-12(8)19/h2,4-5H,3H2,1H3,(H2,14,18)(H,15,16)(H,17,19)/b8-4-. The lowest BCUT2D eigenvalue weighted by atomic mass is 10.1. The predicted molar refractivity (Wildman–Crippen MR) is 77.0 cm³/mol. The number of amides is 2. The van der Waals surface area contributed by atoms with Gasteiger partial charge in [0.15, 0.2) is 0 Å². The van der Waals surface area contributed by atoms with Crippen LogP contribution in [0, 0.1) is 6.92 Å². The van der Waals surface area contributed by atoms with E-state index in [1.165, 1.54) is 11.3 Å². The van der Waals surface area contributed by atoms with E-state index in [0.29, 0.717) is 5.57 Å². The molecule has 0 fully saturated rings. The van der Waals surface area contributed by atoms with Crippen molar-refractivity contribution >= 4 is 39.8 Å². The van der Waals surface area contributed by atoms with Crippen molar-refractivity contribution in [1.29, 1.82) is 0 Å². The van der Waals surface area contributed by atoms with Gasteiger partial charge in [-0.2, -0.15) is 0 Å². The second kappa shape index (κ2) is 4.61. The number of hydrogen-bond donors (Lipinski definition) is 3. The zero-order valence-corrected chi connectivity index (χ0v) is 11.5. The molecule has 0 radical (unpaired) electrons. The van der Waals surface area contributed by atoms with Gasteiger partial charge in [0.1, 0.15) is 5.00 Å². The van der Waals surface area contributed by atoms with E-state index in [0.717, 1.165) is 26.8 Å². The first-order valence-electron chi connectivity index (χ1n) is 5.99. The molecule has 2 amide bonds. The average Bonchev–Trinajstić information content (AvgIpc) is 2.98. The lowest BCUT2D eigenvalue weighted by Crippen LogP contribution is -2.12. The number of anilines is 1. The van der Waals surface area contributed by atoms with Crippen LogP contribution >= 0.6 is 11.3 Å². The summed E-state index contributed by atoms with van der Waals surface area (Å²) in [7, 11) is 0. The van der Waals surface area contributed by atoms with Gasteiger partial charge in [0.2, 0.25) is 5.91 Å². The van der Waals surface area contributed by atoms with Crippen LogP contribution in [0.2, 0.25) is 0 Å². The van der Waals surface area contributed by atoms with Crippen molar-refractivity contribution in [3.05, 3.63) is 34.2 Å². The number of H-pyrrole nitrogens is 1. The van der Waals surface area contributed by atoms with Crippen LogP contribution in [0.15, 0.2) is 12.4 Å². The monoisotopic (exact) mass is 288 g/mol. The summed E-state index contributed by atoms with van der Waals surface area (Å²) in [5.74, 6) is -0.538. The smallest absolute Gasteiger partial charge is 0.257 e. The highest BCUT2D eigenvalue weighted by Crippen LogP contribution is 2.40. The number of nitrogens with zero attached hydrogens (tertiary/aromatic N) is 1. The zero-order valence-electron chi connectivity index (χ0n) is 10.7. The van der Waals surface area contributed by atoms with Crippen LogP contribution in [0.25, 0.3) is 11.6 Å². The molecule has 3 rings (SSSR count). The Balaban J connectivity index is 2.01. The predicted octanol–water partition coefficient (Wildman–Crippen LogP) is 1.30. The number of fused-ring (bicyclic) bond motifs is 1. The highest BCUT2D eigenvalue weighted by atomic mass is 32.1. The Bertz CT molecular complexity index is 741. The Kier molecular flexibility index (Phi) is 2.90. The van der Waals surface area contributed by atoms with Crippen LogP contribution < -0.4 is 11.1 Å². The molecule has 2 aromatic heterocycles. The second-order valence-electron chi connectivity index (χ2n) is 4.52. The number of carbonyl (C=O) groups excluding carboxylic acids is 2. The van der Waals surface area contributed by atoms with Gasteiger partial charge < -0.3 is 16.0 Å². The number of hydrogen-bond acceptors (Lipinski definition) is 4. The van der Waals surface area contributed by atoms with Gasteiger partial charge in [0.25, 0.3) is 5.91 Å². The Hall–Kier alpha value is -2.41. The molecule has 1 aliphatic heterocycles. The number of nitrogens with one attached hydrogen (secondary N) is 2. The Morgan fingerprint density at radius 2 is 2.35 bits per heavy atom. The van der Waals surface area contributed by atoms with Gasteiger partial charge in [0.05, 0.1) is 24.0 Å². The van der Waals surface area contributed by atoms with Crippen molar-refractivity contribution in [3.8, 4) is 0 Å². The van der Waals surface area contributed by atoms with Crippen LogP contribution in [0.5, 0.6) is 0 Å². The largest absolute Gasteiger partial charge is 0.369 e. The third kappa shape index (κ3) is 2.12. The third-order valence-electron chi connectivity index (χ3n) is 3.04. The first kappa shape index (κ1) is 12.6. The maximum atomic E-state index is 12.0. The highest BCUT2D eigenvalue weighted by molar-refractivity contribution is 7.17. The molecular weight excluding hydrogens is 276 g/mol. The minimum Gasteiger partial charge on any atom is -0.369 e. The number of aryl methyl sites for hydroxylation is 1. The van der Waals surface area contributed by atoms with Crippen molar-refractivity contribution in [2.45, 2.75) is 13.3 Å². The Labute approximate surface area is 118 Å². The first-order valence-corrected chi connectivity index (χ1v) is 6.80.